The van der Waals surface area contributed by atoms with E-state index in [1.165, 1.54) is 50.5 Å². The van der Waals surface area contributed by atoms with Crippen LogP contribution in [0.3, 0.4) is 0 Å². The third-order valence-electron chi connectivity index (χ3n) is 6.52. The average molecular weight is 494 g/mol. The lowest BCUT2D eigenvalue weighted by atomic mass is 10.0. The van der Waals surface area contributed by atoms with Gasteiger partial charge in [0, 0.05) is 24.0 Å². The molecular formula is C28H43N7O. The summed E-state index contributed by atoms with van der Waals surface area (Å²) in [4.78, 5) is 19.5. The van der Waals surface area contributed by atoms with Gasteiger partial charge in [-0.25, -0.2) is 4.98 Å². The third-order valence-corrected chi connectivity index (χ3v) is 6.52. The number of hydrogen-bond acceptors (Lipinski definition) is 5. The first-order valence-electron chi connectivity index (χ1n) is 13.7. The fraction of sp³-hybridized carbons (Fsp3) is 0.571. The van der Waals surface area contributed by atoms with Crippen LogP contribution in [0.5, 0.6) is 0 Å². The number of amides is 1. The number of nitrogens with two attached hydrogens (primary N) is 1. The smallest absolute Gasteiger partial charge is 0.251 e. The summed E-state index contributed by atoms with van der Waals surface area (Å²) in [6.07, 6.45) is 19.2. The van der Waals surface area contributed by atoms with E-state index >= 15 is 0 Å². The van der Waals surface area contributed by atoms with Crippen LogP contribution in [-0.2, 0) is 25.8 Å². The highest BCUT2D eigenvalue weighted by molar-refractivity contribution is 5.94. The first kappa shape index (κ1) is 27.4. The topological polar surface area (TPSA) is 115 Å². The van der Waals surface area contributed by atoms with E-state index in [4.69, 9.17) is 5.73 Å². The van der Waals surface area contributed by atoms with Crippen LogP contribution in [0.25, 0.3) is 0 Å². The summed E-state index contributed by atoms with van der Waals surface area (Å²) in [6, 6.07) is 8.03. The normalized spacial score (nSPS) is 11.1. The van der Waals surface area contributed by atoms with Gasteiger partial charge < -0.3 is 16.0 Å². The van der Waals surface area contributed by atoms with Crippen LogP contribution in [0.4, 0.5) is 5.95 Å². The standard InChI is InChI=1S/C28H43N7O/c1-2-3-4-5-6-7-9-12-23-15-17-24(18-16-23)27(36)30-19-20-35-22-26(33-34-35)14-11-8-10-13-25-21-31-28(29)32-25/h15-18,21-22H,2-14,19-20H2,1H3,(H,30,36)(H3,29,31,32). The predicted molar refractivity (Wildman–Crippen MR) is 145 cm³/mol. The number of H-pyrrole nitrogens is 1. The zero-order chi connectivity index (χ0) is 25.4. The molecule has 1 aromatic carbocycles. The van der Waals surface area contributed by atoms with Crippen LogP contribution in [0.2, 0.25) is 0 Å². The summed E-state index contributed by atoms with van der Waals surface area (Å²) in [5.74, 6) is 0.432. The summed E-state index contributed by atoms with van der Waals surface area (Å²) >= 11 is 0. The monoisotopic (exact) mass is 493 g/mol. The molecule has 3 rings (SSSR count). The van der Waals surface area contributed by atoms with E-state index in [0.29, 0.717) is 24.6 Å². The number of benzene rings is 1. The van der Waals surface area contributed by atoms with Crippen molar-refractivity contribution in [1.29, 1.82) is 0 Å². The molecule has 0 atom stereocenters. The van der Waals surface area contributed by atoms with Crippen molar-refractivity contribution in [3.63, 3.8) is 0 Å². The molecule has 2 aromatic heterocycles. The summed E-state index contributed by atoms with van der Waals surface area (Å²) in [5.41, 5.74) is 9.68. The fourth-order valence-electron chi connectivity index (χ4n) is 4.36. The number of anilines is 1. The Bertz CT molecular complexity index is 1010. The predicted octanol–water partition coefficient (Wildman–Crippen LogP) is 5.26. The molecule has 0 radical (unpaired) electrons. The number of nitrogen functional groups attached to an aromatic ring is 1. The molecule has 0 fully saturated rings. The summed E-state index contributed by atoms with van der Waals surface area (Å²) in [6.45, 7) is 3.38. The van der Waals surface area contributed by atoms with E-state index in [9.17, 15) is 4.79 Å². The van der Waals surface area contributed by atoms with E-state index in [1.54, 1.807) is 10.9 Å². The van der Waals surface area contributed by atoms with Crippen LogP contribution in [0, 0.1) is 0 Å². The maximum absolute atomic E-state index is 12.5. The Morgan fingerprint density at radius 1 is 0.944 bits per heavy atom. The molecule has 2 heterocycles. The molecule has 0 bridgehead atoms. The number of aromatic nitrogens is 5. The van der Waals surface area contributed by atoms with Gasteiger partial charge in [0.15, 0.2) is 5.95 Å². The van der Waals surface area contributed by atoms with Gasteiger partial charge in [0.25, 0.3) is 5.91 Å². The Kier molecular flexibility index (Phi) is 12.0. The molecular weight excluding hydrogens is 450 g/mol. The van der Waals surface area contributed by atoms with Gasteiger partial charge in [-0.15, -0.1) is 5.10 Å². The first-order chi connectivity index (χ1) is 17.6. The van der Waals surface area contributed by atoms with Crippen LogP contribution in [0.1, 0.15) is 98.4 Å². The zero-order valence-corrected chi connectivity index (χ0v) is 21.8. The summed E-state index contributed by atoms with van der Waals surface area (Å²) < 4.78 is 1.80. The van der Waals surface area contributed by atoms with Crippen molar-refractivity contribution < 1.29 is 4.79 Å². The molecule has 0 saturated carbocycles. The van der Waals surface area contributed by atoms with Gasteiger partial charge >= 0.3 is 0 Å². The number of aryl methyl sites for hydroxylation is 3. The number of nitrogens with one attached hydrogen (secondary N) is 2. The van der Waals surface area contributed by atoms with E-state index in [2.05, 4.69) is 44.7 Å². The highest BCUT2D eigenvalue weighted by atomic mass is 16.1. The van der Waals surface area contributed by atoms with Crippen molar-refractivity contribution in [3.8, 4) is 0 Å². The van der Waals surface area contributed by atoms with E-state index in [-0.39, 0.29) is 5.91 Å². The lowest BCUT2D eigenvalue weighted by molar-refractivity contribution is 0.0952. The second-order valence-corrected chi connectivity index (χ2v) is 9.65. The highest BCUT2D eigenvalue weighted by Crippen LogP contribution is 2.12. The molecule has 8 heteroatoms. The minimum Gasteiger partial charge on any atom is -0.369 e. The molecule has 196 valence electrons. The number of hydrogen-bond donors (Lipinski definition) is 3. The summed E-state index contributed by atoms with van der Waals surface area (Å²) in [7, 11) is 0. The first-order valence-corrected chi connectivity index (χ1v) is 13.7. The molecule has 0 spiro atoms. The lowest BCUT2D eigenvalue weighted by Crippen LogP contribution is -2.27. The molecule has 0 saturated heterocycles. The van der Waals surface area contributed by atoms with Crippen molar-refractivity contribution >= 4 is 11.9 Å². The van der Waals surface area contributed by atoms with Crippen LogP contribution in [-0.4, -0.2) is 37.4 Å². The van der Waals surface area contributed by atoms with Gasteiger partial charge in [0.05, 0.1) is 18.4 Å². The molecule has 0 aliphatic heterocycles. The Balaban J connectivity index is 1.25. The molecule has 1 amide bonds. The second kappa shape index (κ2) is 15.8. The molecule has 4 N–H and O–H groups in total. The maximum Gasteiger partial charge on any atom is 0.251 e. The number of carbonyl (C=O) groups excluding carboxylic acids is 1. The fourth-order valence-corrected chi connectivity index (χ4v) is 4.36. The highest BCUT2D eigenvalue weighted by Gasteiger charge is 2.06. The molecule has 0 unspecified atom stereocenters. The minimum atomic E-state index is -0.0446. The van der Waals surface area contributed by atoms with Crippen LogP contribution >= 0.6 is 0 Å². The Morgan fingerprint density at radius 2 is 1.64 bits per heavy atom. The van der Waals surface area contributed by atoms with Crippen molar-refractivity contribution in [2.75, 3.05) is 12.3 Å². The van der Waals surface area contributed by atoms with Crippen molar-refractivity contribution in [3.05, 3.63) is 59.2 Å². The maximum atomic E-state index is 12.5. The Labute approximate surface area is 215 Å². The van der Waals surface area contributed by atoms with Gasteiger partial charge in [-0.05, 0) is 56.2 Å². The molecule has 3 aromatic rings. The number of unbranched alkanes of at least 4 members (excludes halogenated alkanes) is 8. The SMILES string of the molecule is CCCCCCCCCc1ccc(C(=O)NCCn2cc(CCCCCc3cnc(N)[nH]3)nn2)cc1. The quantitative estimate of drug-likeness (QED) is 0.209. The number of aromatic amines is 1. The van der Waals surface area contributed by atoms with Gasteiger partial charge in [-0.2, -0.15) is 0 Å². The van der Waals surface area contributed by atoms with Crippen molar-refractivity contribution in [2.24, 2.45) is 0 Å². The second-order valence-electron chi connectivity index (χ2n) is 9.65. The lowest BCUT2D eigenvalue weighted by Gasteiger charge is -2.07. The third kappa shape index (κ3) is 10.2. The van der Waals surface area contributed by atoms with E-state index < -0.39 is 0 Å². The number of imidazole rings is 1. The molecule has 36 heavy (non-hydrogen) atoms. The molecule has 8 nitrogen and oxygen atoms in total. The molecule has 0 aliphatic rings. The Morgan fingerprint density at radius 3 is 2.39 bits per heavy atom. The van der Waals surface area contributed by atoms with Crippen molar-refractivity contribution in [1.82, 2.24) is 30.3 Å². The van der Waals surface area contributed by atoms with E-state index in [0.717, 1.165) is 49.9 Å². The van der Waals surface area contributed by atoms with Crippen LogP contribution < -0.4 is 11.1 Å². The largest absolute Gasteiger partial charge is 0.369 e. The Hall–Kier alpha value is -3.16. The van der Waals surface area contributed by atoms with Gasteiger partial charge in [-0.3, -0.25) is 9.48 Å². The van der Waals surface area contributed by atoms with Gasteiger partial charge in [0.2, 0.25) is 0 Å². The van der Waals surface area contributed by atoms with Crippen LogP contribution in [0.15, 0.2) is 36.7 Å². The average Bonchev–Trinajstić information content (AvgIpc) is 3.52. The zero-order valence-electron chi connectivity index (χ0n) is 21.8. The number of carbonyl (C=O) groups is 1. The van der Waals surface area contributed by atoms with Gasteiger partial charge in [-0.1, -0.05) is 69.2 Å². The summed E-state index contributed by atoms with van der Waals surface area (Å²) in [5, 5.41) is 11.4. The van der Waals surface area contributed by atoms with Crippen molar-refractivity contribution in [2.45, 2.75) is 96.9 Å². The van der Waals surface area contributed by atoms with E-state index in [1.807, 2.05) is 18.3 Å². The molecule has 0 aliphatic carbocycles. The minimum absolute atomic E-state index is 0.0446. The number of rotatable bonds is 18. The number of nitrogens with zero attached hydrogens (tertiary/aromatic N) is 4. The van der Waals surface area contributed by atoms with Gasteiger partial charge in [0.1, 0.15) is 0 Å².